The van der Waals surface area contributed by atoms with E-state index in [9.17, 15) is 10.0 Å². The van der Waals surface area contributed by atoms with Gasteiger partial charge in [-0.1, -0.05) is 0 Å². The van der Waals surface area contributed by atoms with Gasteiger partial charge in [0.25, 0.3) is 6.29 Å². The average Bonchev–Trinajstić information content (AvgIpc) is 1.96. The van der Waals surface area contributed by atoms with E-state index in [2.05, 4.69) is 14.9 Å². The molecule has 1 saturated heterocycles. The third-order valence-electron chi connectivity index (χ3n) is 1.67. The maximum atomic E-state index is 11.0. The summed E-state index contributed by atoms with van der Waals surface area (Å²) in [5.74, 6) is -0.478. The highest BCUT2D eigenvalue weighted by molar-refractivity contribution is 5.65. The van der Waals surface area contributed by atoms with E-state index in [1.807, 2.05) is 0 Å². The van der Waals surface area contributed by atoms with Gasteiger partial charge in [0, 0.05) is 13.8 Å². The Hall–Kier alpha value is -1.53. The van der Waals surface area contributed by atoms with Crippen molar-refractivity contribution in [2.45, 2.75) is 26.6 Å². The fraction of sp³-hybridized carbons (Fsp3) is 0.857. The maximum Gasteiger partial charge on any atom is 0.305 e. The lowest BCUT2D eigenvalue weighted by molar-refractivity contribution is -0.724. The van der Waals surface area contributed by atoms with E-state index in [1.54, 1.807) is 0 Å². The molecule has 7 nitrogen and oxygen atoms in total. The quantitative estimate of drug-likeness (QED) is 0.217. The number of nitrogens with zero attached hydrogens (tertiary/aromatic N) is 3. The van der Waals surface area contributed by atoms with Crippen LogP contribution in [0.2, 0.25) is 0 Å². The van der Waals surface area contributed by atoms with Crippen molar-refractivity contribution in [2.75, 3.05) is 13.1 Å². The van der Waals surface area contributed by atoms with Crippen LogP contribution >= 0.6 is 0 Å². The van der Waals surface area contributed by atoms with Crippen molar-refractivity contribution >= 4 is 5.97 Å². The summed E-state index contributed by atoms with van der Waals surface area (Å²) in [4.78, 5) is 15.4. The lowest BCUT2D eigenvalue weighted by Crippen LogP contribution is -2.42. The number of hydrogen-bond donors (Lipinski definition) is 0. The monoisotopic (exact) mass is 203 g/mol. The number of ether oxygens (including phenoxy) is 1. The second-order valence-corrected chi connectivity index (χ2v) is 2.92. The zero-order valence-corrected chi connectivity index (χ0v) is 8.17. The zero-order valence-electron chi connectivity index (χ0n) is 8.17. The second kappa shape index (κ2) is 4.64. The lowest BCUT2D eigenvalue weighted by atomic mass is 10.3. The third kappa shape index (κ3) is 3.08. The Kier molecular flexibility index (Phi) is 3.49. The van der Waals surface area contributed by atoms with Gasteiger partial charge in [0.2, 0.25) is 5.28 Å². The summed E-state index contributed by atoms with van der Waals surface area (Å²) >= 11 is 0. The topological polar surface area (TPSA) is 77.2 Å². The van der Waals surface area contributed by atoms with E-state index in [4.69, 9.17) is 0 Å². The molecule has 1 fully saturated rings. The van der Waals surface area contributed by atoms with Crippen LogP contribution in [0.15, 0.2) is 5.28 Å². The van der Waals surface area contributed by atoms with Crippen LogP contribution in [0, 0.1) is 5.21 Å². The van der Waals surface area contributed by atoms with E-state index in [1.165, 1.54) is 18.9 Å². The number of hydrogen-bond acceptors (Lipinski definition) is 5. The maximum absolute atomic E-state index is 11.0. The summed E-state index contributed by atoms with van der Waals surface area (Å²) in [7, 11) is 0. The summed E-state index contributed by atoms with van der Waals surface area (Å²) in [6, 6.07) is 0. The Balaban J connectivity index is 2.26. The summed E-state index contributed by atoms with van der Waals surface area (Å²) in [5.41, 5.74) is 0. The van der Waals surface area contributed by atoms with Gasteiger partial charge in [0.1, 0.15) is 0 Å². The Morgan fingerprint density at radius 2 is 2.29 bits per heavy atom. The van der Waals surface area contributed by atoms with Crippen molar-refractivity contribution in [2.24, 2.45) is 5.28 Å². The van der Waals surface area contributed by atoms with E-state index >= 15 is 0 Å². The summed E-state index contributed by atoms with van der Waals surface area (Å²) < 4.78 is 4.59. The largest absolute Gasteiger partial charge is 0.569 e. The molecule has 0 aromatic rings. The van der Waals surface area contributed by atoms with Crippen LogP contribution in [-0.4, -0.2) is 35.3 Å². The molecule has 80 valence electrons. The molecule has 7 heteroatoms. The van der Waals surface area contributed by atoms with Crippen molar-refractivity contribution in [1.82, 2.24) is 5.01 Å². The fourth-order valence-electron chi connectivity index (χ4n) is 0.884. The fourth-order valence-corrected chi connectivity index (χ4v) is 0.884. The van der Waals surface area contributed by atoms with Crippen molar-refractivity contribution in [3.05, 3.63) is 5.21 Å². The minimum Gasteiger partial charge on any atom is -0.569 e. The summed E-state index contributed by atoms with van der Waals surface area (Å²) in [6.07, 6.45) is 0.138. The summed E-state index contributed by atoms with van der Waals surface area (Å²) in [6.45, 7) is 4.09. The SMILES string of the molecule is CC(=O)OC(C)ON=[N+]([O-])N1CCC1. The number of esters is 1. The van der Waals surface area contributed by atoms with Crippen molar-refractivity contribution in [1.29, 1.82) is 0 Å². The molecular weight excluding hydrogens is 190 g/mol. The third-order valence-corrected chi connectivity index (χ3v) is 1.67. The first-order valence-electron chi connectivity index (χ1n) is 4.35. The Labute approximate surface area is 81.4 Å². The molecule has 1 atom stereocenters. The van der Waals surface area contributed by atoms with Gasteiger partial charge in [-0.3, -0.25) is 9.63 Å². The average molecular weight is 203 g/mol. The van der Waals surface area contributed by atoms with E-state index in [-0.39, 0.29) is 0 Å². The highest BCUT2D eigenvalue weighted by atomic mass is 16.8. The predicted molar refractivity (Wildman–Crippen MR) is 44.6 cm³/mol. The second-order valence-electron chi connectivity index (χ2n) is 2.92. The van der Waals surface area contributed by atoms with E-state index in [0.717, 1.165) is 6.42 Å². The summed E-state index contributed by atoms with van der Waals surface area (Å²) in [5, 5.41) is 15.7. The van der Waals surface area contributed by atoms with Gasteiger partial charge in [-0.15, -0.1) is 5.01 Å². The van der Waals surface area contributed by atoms with Gasteiger partial charge in [0.15, 0.2) is 0 Å². The van der Waals surface area contributed by atoms with Crippen LogP contribution in [0.4, 0.5) is 0 Å². The van der Waals surface area contributed by atoms with Gasteiger partial charge >= 0.3 is 5.97 Å². The van der Waals surface area contributed by atoms with Crippen LogP contribution in [-0.2, 0) is 14.4 Å². The van der Waals surface area contributed by atoms with Gasteiger partial charge < -0.3 is 9.94 Å². The highest BCUT2D eigenvalue weighted by Crippen LogP contribution is 2.06. The minimum absolute atomic E-state index is 0.365. The highest BCUT2D eigenvalue weighted by Gasteiger charge is 2.21. The molecule has 0 aromatic heterocycles. The minimum atomic E-state index is -0.842. The molecule has 0 aromatic carbocycles. The van der Waals surface area contributed by atoms with Crippen LogP contribution in [0.5, 0.6) is 0 Å². The van der Waals surface area contributed by atoms with Crippen LogP contribution in [0.25, 0.3) is 0 Å². The normalized spacial score (nSPS) is 18.4. The molecule has 1 aliphatic heterocycles. The molecule has 0 N–H and O–H groups in total. The van der Waals surface area contributed by atoms with Crippen molar-refractivity contribution in [3.63, 3.8) is 0 Å². The van der Waals surface area contributed by atoms with Gasteiger partial charge in [0.05, 0.1) is 18.1 Å². The van der Waals surface area contributed by atoms with Gasteiger partial charge in [-0.05, 0) is 6.42 Å². The first-order chi connectivity index (χ1) is 6.59. The van der Waals surface area contributed by atoms with Gasteiger partial charge in [-0.25, -0.2) is 0 Å². The lowest BCUT2D eigenvalue weighted by Gasteiger charge is -2.25. The standard InChI is InChI=1S/C7H13N3O4/c1-6(11)13-7(2)14-8-10(12)9-4-3-5-9/h7H,3-5H2,1-2H3. The molecule has 1 heterocycles. The van der Waals surface area contributed by atoms with E-state index < -0.39 is 12.3 Å². The van der Waals surface area contributed by atoms with E-state index in [0.29, 0.717) is 18.1 Å². The van der Waals surface area contributed by atoms with Gasteiger partial charge in [-0.2, -0.15) is 0 Å². The number of carbonyl (C=O) groups is 1. The molecule has 0 amide bonds. The Morgan fingerprint density at radius 1 is 1.64 bits per heavy atom. The first kappa shape index (κ1) is 10.6. The molecule has 14 heavy (non-hydrogen) atoms. The number of hydrazine groups is 1. The molecule has 1 rings (SSSR count). The first-order valence-corrected chi connectivity index (χ1v) is 4.35. The molecule has 1 aliphatic rings. The van der Waals surface area contributed by atoms with Crippen LogP contribution < -0.4 is 0 Å². The van der Waals surface area contributed by atoms with Crippen molar-refractivity contribution in [3.8, 4) is 0 Å². The Bertz CT molecular complexity index is 239. The molecule has 0 radical (unpaired) electrons. The molecular formula is C7H13N3O4. The molecule has 0 aliphatic carbocycles. The molecule has 0 spiro atoms. The van der Waals surface area contributed by atoms with Crippen molar-refractivity contribution < 1.29 is 19.3 Å². The zero-order chi connectivity index (χ0) is 10.6. The number of rotatable bonds is 4. The van der Waals surface area contributed by atoms with Crippen LogP contribution in [0.1, 0.15) is 20.3 Å². The molecule has 1 unspecified atom stereocenters. The molecule has 0 saturated carbocycles. The number of carbonyl (C=O) groups excluding carboxylic acids is 1. The Morgan fingerprint density at radius 3 is 2.71 bits per heavy atom. The smallest absolute Gasteiger partial charge is 0.305 e. The van der Waals surface area contributed by atoms with Crippen LogP contribution in [0.3, 0.4) is 0 Å². The molecule has 0 bridgehead atoms. The predicted octanol–water partition coefficient (Wildman–Crippen LogP) is 0.410.